The zero-order valence-electron chi connectivity index (χ0n) is 8.20. The normalized spacial score (nSPS) is 19.4. The lowest BCUT2D eigenvalue weighted by Crippen LogP contribution is -2.35. The highest BCUT2D eigenvalue weighted by Gasteiger charge is 2.21. The number of hydrogen-bond acceptors (Lipinski definition) is 2. The van der Waals surface area contributed by atoms with Crippen LogP contribution in [0.5, 0.6) is 0 Å². The van der Waals surface area contributed by atoms with Crippen LogP contribution in [0, 0.1) is 5.82 Å². The largest absolute Gasteiger partial charge is 0.449 e. The first-order valence-electron chi connectivity index (χ1n) is 4.55. The first kappa shape index (κ1) is 13.1. The number of amides is 1. The van der Waals surface area contributed by atoms with Crippen molar-refractivity contribution in [3.63, 3.8) is 0 Å². The van der Waals surface area contributed by atoms with Gasteiger partial charge in [0.05, 0.1) is 17.7 Å². The Labute approximate surface area is 103 Å². The van der Waals surface area contributed by atoms with E-state index in [1.54, 1.807) is 6.07 Å². The Kier molecular flexibility index (Phi) is 4.38. The van der Waals surface area contributed by atoms with Crippen molar-refractivity contribution < 1.29 is 13.9 Å². The van der Waals surface area contributed by atoms with Gasteiger partial charge in [0.2, 0.25) is 0 Å². The van der Waals surface area contributed by atoms with Gasteiger partial charge in [-0.1, -0.05) is 17.7 Å². The van der Waals surface area contributed by atoms with Gasteiger partial charge in [0, 0.05) is 6.42 Å². The molecule has 0 saturated carbocycles. The Morgan fingerprint density at radius 1 is 1.50 bits per heavy atom. The van der Waals surface area contributed by atoms with Crippen LogP contribution >= 0.6 is 24.0 Å². The van der Waals surface area contributed by atoms with Crippen LogP contribution in [0.25, 0.3) is 0 Å². The van der Waals surface area contributed by atoms with E-state index in [1.807, 2.05) is 0 Å². The van der Waals surface area contributed by atoms with Crippen molar-refractivity contribution in [1.82, 2.24) is 5.32 Å². The minimum atomic E-state index is -0.459. The average Bonchev–Trinajstić information content (AvgIpc) is 2.22. The van der Waals surface area contributed by atoms with Gasteiger partial charge in [0.25, 0.3) is 0 Å². The molecule has 1 aliphatic heterocycles. The van der Waals surface area contributed by atoms with E-state index in [4.69, 9.17) is 16.3 Å². The predicted molar refractivity (Wildman–Crippen MR) is 60.5 cm³/mol. The molecule has 2 rings (SSSR count). The summed E-state index contributed by atoms with van der Waals surface area (Å²) in [5, 5.41) is 2.70. The van der Waals surface area contributed by atoms with Crippen molar-refractivity contribution in [2.24, 2.45) is 0 Å². The molecule has 0 aliphatic carbocycles. The summed E-state index contributed by atoms with van der Waals surface area (Å²) in [7, 11) is 0. The summed E-state index contributed by atoms with van der Waals surface area (Å²) in [6.45, 7) is 0.367. The first-order valence-corrected chi connectivity index (χ1v) is 4.93. The molecule has 0 spiro atoms. The zero-order valence-corrected chi connectivity index (χ0v) is 9.78. The summed E-state index contributed by atoms with van der Waals surface area (Å²) in [6, 6.07) is 4.27. The summed E-state index contributed by atoms with van der Waals surface area (Å²) in [5.41, 5.74) is 0.790. The van der Waals surface area contributed by atoms with E-state index in [0.717, 1.165) is 5.56 Å². The molecule has 1 fully saturated rings. The highest BCUT2D eigenvalue weighted by molar-refractivity contribution is 6.30. The van der Waals surface area contributed by atoms with Crippen molar-refractivity contribution in [1.29, 1.82) is 0 Å². The van der Waals surface area contributed by atoms with Gasteiger partial charge in [0.1, 0.15) is 5.82 Å². The summed E-state index contributed by atoms with van der Waals surface area (Å²) >= 11 is 5.65. The van der Waals surface area contributed by atoms with Crippen LogP contribution < -0.4 is 5.32 Å². The number of halogens is 3. The van der Waals surface area contributed by atoms with E-state index in [9.17, 15) is 9.18 Å². The molecular formula is C10H10Cl2FNO2. The minimum absolute atomic E-state index is 0. The molecule has 88 valence electrons. The van der Waals surface area contributed by atoms with E-state index in [2.05, 4.69) is 5.32 Å². The summed E-state index contributed by atoms with van der Waals surface area (Å²) < 4.78 is 17.6. The van der Waals surface area contributed by atoms with Crippen LogP contribution in [-0.4, -0.2) is 12.7 Å². The lowest BCUT2D eigenvalue weighted by molar-refractivity contribution is 0.115. The van der Waals surface area contributed by atoms with Crippen LogP contribution in [0.2, 0.25) is 5.02 Å². The number of carbonyl (C=O) groups is 1. The third kappa shape index (κ3) is 2.77. The fraction of sp³-hybridized carbons (Fsp3) is 0.300. The SMILES string of the molecule is Cl.O=C1N[C@@H](c2ccc(F)c(Cl)c2)CCO1. The molecule has 1 aliphatic rings. The van der Waals surface area contributed by atoms with E-state index in [-0.39, 0.29) is 23.5 Å². The first-order chi connectivity index (χ1) is 7.16. The lowest BCUT2D eigenvalue weighted by Gasteiger charge is -2.23. The van der Waals surface area contributed by atoms with E-state index >= 15 is 0 Å². The van der Waals surface area contributed by atoms with Crippen LogP contribution in [0.3, 0.4) is 0 Å². The van der Waals surface area contributed by atoms with E-state index < -0.39 is 11.9 Å². The zero-order chi connectivity index (χ0) is 10.8. The number of cyclic esters (lactones) is 1. The number of ether oxygens (including phenoxy) is 1. The van der Waals surface area contributed by atoms with Crippen LogP contribution in [0.4, 0.5) is 9.18 Å². The third-order valence-electron chi connectivity index (χ3n) is 2.28. The van der Waals surface area contributed by atoms with Crippen molar-refractivity contribution in [3.05, 3.63) is 34.6 Å². The Bertz CT molecular complexity index is 400. The molecule has 1 heterocycles. The monoisotopic (exact) mass is 265 g/mol. The van der Waals surface area contributed by atoms with Crippen LogP contribution in [0.15, 0.2) is 18.2 Å². The number of rotatable bonds is 1. The maximum atomic E-state index is 12.9. The second-order valence-corrected chi connectivity index (χ2v) is 3.70. The van der Waals surface area contributed by atoms with Gasteiger partial charge in [0.15, 0.2) is 0 Å². The summed E-state index contributed by atoms with van der Waals surface area (Å²) in [6.07, 6.45) is 0.208. The Balaban J connectivity index is 0.00000128. The van der Waals surface area contributed by atoms with E-state index in [1.165, 1.54) is 12.1 Å². The van der Waals surface area contributed by atoms with Gasteiger partial charge in [-0.2, -0.15) is 0 Å². The Hall–Kier alpha value is -1.00. The molecule has 1 aromatic rings. The van der Waals surface area contributed by atoms with Gasteiger partial charge in [-0.15, -0.1) is 12.4 Å². The topological polar surface area (TPSA) is 38.3 Å². The fourth-order valence-corrected chi connectivity index (χ4v) is 1.69. The number of carbonyl (C=O) groups excluding carboxylic acids is 1. The minimum Gasteiger partial charge on any atom is -0.449 e. The molecule has 1 N–H and O–H groups in total. The fourth-order valence-electron chi connectivity index (χ4n) is 1.50. The third-order valence-corrected chi connectivity index (χ3v) is 2.57. The average molecular weight is 266 g/mol. The molecule has 0 aromatic heterocycles. The molecule has 0 bridgehead atoms. The lowest BCUT2D eigenvalue weighted by atomic mass is 10.0. The second-order valence-electron chi connectivity index (χ2n) is 3.30. The van der Waals surface area contributed by atoms with Gasteiger partial charge in [-0.05, 0) is 17.7 Å². The molecule has 6 heteroatoms. The van der Waals surface area contributed by atoms with Crippen LogP contribution in [0.1, 0.15) is 18.0 Å². The molecule has 0 radical (unpaired) electrons. The molecular weight excluding hydrogens is 256 g/mol. The molecule has 1 saturated heterocycles. The quantitative estimate of drug-likeness (QED) is 0.848. The van der Waals surface area contributed by atoms with Crippen LogP contribution in [-0.2, 0) is 4.74 Å². The molecule has 16 heavy (non-hydrogen) atoms. The summed E-state index contributed by atoms with van der Waals surface area (Å²) in [5.74, 6) is -0.459. The Morgan fingerprint density at radius 3 is 2.88 bits per heavy atom. The Morgan fingerprint density at radius 2 is 2.25 bits per heavy atom. The number of hydrogen-bond donors (Lipinski definition) is 1. The smallest absolute Gasteiger partial charge is 0.407 e. The number of alkyl carbamates (subject to hydrolysis) is 1. The number of nitrogens with one attached hydrogen (secondary N) is 1. The predicted octanol–water partition coefficient (Wildman–Crippen LogP) is 3.07. The molecule has 1 amide bonds. The standard InChI is InChI=1S/C10H9ClFNO2.ClH/c11-7-5-6(1-2-8(7)12)9-3-4-15-10(14)13-9;/h1-2,5,9H,3-4H2,(H,13,14);1H/t9-;/m1./s1. The molecule has 1 atom stereocenters. The maximum Gasteiger partial charge on any atom is 0.407 e. The van der Waals surface area contributed by atoms with Gasteiger partial charge >= 0.3 is 6.09 Å². The van der Waals surface area contributed by atoms with Gasteiger partial charge in [-0.25, -0.2) is 9.18 Å². The van der Waals surface area contributed by atoms with Gasteiger partial charge in [-0.3, -0.25) is 0 Å². The number of benzene rings is 1. The molecule has 1 aromatic carbocycles. The van der Waals surface area contributed by atoms with Crippen molar-refractivity contribution >= 4 is 30.1 Å². The molecule has 3 nitrogen and oxygen atoms in total. The molecule has 0 unspecified atom stereocenters. The second kappa shape index (κ2) is 5.37. The maximum absolute atomic E-state index is 12.9. The van der Waals surface area contributed by atoms with Crippen molar-refractivity contribution in [2.45, 2.75) is 12.5 Å². The van der Waals surface area contributed by atoms with Crippen molar-refractivity contribution in [3.8, 4) is 0 Å². The van der Waals surface area contributed by atoms with E-state index in [0.29, 0.717) is 13.0 Å². The highest BCUT2D eigenvalue weighted by atomic mass is 35.5. The summed E-state index contributed by atoms with van der Waals surface area (Å²) in [4.78, 5) is 11.0. The highest BCUT2D eigenvalue weighted by Crippen LogP contribution is 2.24. The van der Waals surface area contributed by atoms with Gasteiger partial charge < -0.3 is 10.1 Å². The van der Waals surface area contributed by atoms with Crippen molar-refractivity contribution in [2.75, 3.05) is 6.61 Å².